The number of carbonyl (C=O) groups is 1. The SMILES string of the molecule is C[C@@H](C(=O)[C@H]1CCC2C3(N)CC[C@@]4(N)C[C@](C)(O)CCC4(C)[C@@]3(N)CC[C@@]21C)n1nccn1. The molecule has 1 heterocycles. The van der Waals surface area contributed by atoms with Gasteiger partial charge in [0.2, 0.25) is 0 Å². The molecule has 5 rings (SSSR count). The number of ketones is 1. The van der Waals surface area contributed by atoms with E-state index in [1.54, 1.807) is 12.4 Å². The van der Waals surface area contributed by atoms with Crippen LogP contribution in [0.1, 0.15) is 91.5 Å². The molecule has 8 heteroatoms. The summed E-state index contributed by atoms with van der Waals surface area (Å²) >= 11 is 0. The topological polar surface area (TPSA) is 146 Å². The minimum atomic E-state index is -0.760. The van der Waals surface area contributed by atoms with Crippen molar-refractivity contribution in [1.29, 1.82) is 0 Å². The molecular weight excluding hydrogens is 416 g/mol. The fourth-order valence-corrected chi connectivity index (χ4v) is 9.12. The Labute approximate surface area is 197 Å². The Kier molecular flexibility index (Phi) is 4.87. The molecule has 7 N–H and O–H groups in total. The van der Waals surface area contributed by atoms with Crippen molar-refractivity contribution in [2.45, 2.75) is 114 Å². The van der Waals surface area contributed by atoms with E-state index in [9.17, 15) is 9.90 Å². The van der Waals surface area contributed by atoms with Gasteiger partial charge in [0.05, 0.1) is 18.0 Å². The molecule has 0 aromatic carbocycles. The fraction of sp³-hybridized carbons (Fsp3) is 0.880. The molecule has 0 saturated heterocycles. The van der Waals surface area contributed by atoms with Crippen molar-refractivity contribution in [2.24, 2.45) is 39.9 Å². The molecule has 33 heavy (non-hydrogen) atoms. The molecule has 0 amide bonds. The van der Waals surface area contributed by atoms with Crippen LogP contribution in [0.2, 0.25) is 0 Å². The maximum Gasteiger partial charge on any atom is 0.162 e. The Morgan fingerprint density at radius 3 is 2.33 bits per heavy atom. The first kappa shape index (κ1) is 23.4. The summed E-state index contributed by atoms with van der Waals surface area (Å²) in [6.07, 6.45) is 10.1. The van der Waals surface area contributed by atoms with Gasteiger partial charge in [-0.05, 0) is 83.0 Å². The van der Waals surface area contributed by atoms with Crippen LogP contribution in [0, 0.1) is 22.7 Å². The van der Waals surface area contributed by atoms with Gasteiger partial charge in [-0.15, -0.1) is 0 Å². The number of Topliss-reactive ketones (excluding diaryl/α,β-unsaturated/α-hetero) is 1. The van der Waals surface area contributed by atoms with Gasteiger partial charge >= 0.3 is 0 Å². The van der Waals surface area contributed by atoms with Gasteiger partial charge in [-0.1, -0.05) is 13.8 Å². The molecule has 4 aliphatic carbocycles. The van der Waals surface area contributed by atoms with E-state index in [-0.39, 0.29) is 34.5 Å². The van der Waals surface area contributed by atoms with Crippen LogP contribution >= 0.6 is 0 Å². The van der Waals surface area contributed by atoms with E-state index >= 15 is 0 Å². The minimum Gasteiger partial charge on any atom is -0.390 e. The molecule has 0 bridgehead atoms. The molecule has 4 aliphatic rings. The summed E-state index contributed by atoms with van der Waals surface area (Å²) in [6, 6.07) is -0.389. The third-order valence-electron chi connectivity index (χ3n) is 11.3. The van der Waals surface area contributed by atoms with Gasteiger partial charge in [0.15, 0.2) is 5.78 Å². The van der Waals surface area contributed by atoms with Crippen molar-refractivity contribution in [1.82, 2.24) is 15.0 Å². The molecule has 9 atom stereocenters. The monoisotopic (exact) mass is 458 g/mol. The predicted octanol–water partition coefficient (Wildman–Crippen LogP) is 2.06. The molecule has 0 spiro atoms. The summed E-state index contributed by atoms with van der Waals surface area (Å²) in [5.41, 5.74) is 18.9. The van der Waals surface area contributed by atoms with Crippen LogP contribution in [0.15, 0.2) is 12.4 Å². The van der Waals surface area contributed by atoms with Crippen molar-refractivity contribution in [3.05, 3.63) is 12.4 Å². The van der Waals surface area contributed by atoms with Gasteiger partial charge in [-0.2, -0.15) is 15.0 Å². The standard InChI is InChI=1S/C25H42N6O2/c1-16(31-29-13-14-30-31)19(32)17-5-6-18-21(17,3)8-12-25(28)22(4)9-7-20(2,33)15-23(22,26)10-11-24(18,25)27/h13-14,16-18,33H,5-12,15,26-28H2,1-4H3/t16-,17+,18?,20+,21+,22?,23+,24?,25-/m0/s1. The first-order valence-corrected chi connectivity index (χ1v) is 12.7. The van der Waals surface area contributed by atoms with Crippen LogP contribution in [0.5, 0.6) is 0 Å². The number of hydrogen-bond donors (Lipinski definition) is 4. The maximum absolute atomic E-state index is 13.6. The van der Waals surface area contributed by atoms with Crippen molar-refractivity contribution < 1.29 is 9.90 Å². The Morgan fingerprint density at radius 1 is 1.00 bits per heavy atom. The predicted molar refractivity (Wildman–Crippen MR) is 126 cm³/mol. The highest BCUT2D eigenvalue weighted by molar-refractivity contribution is 5.85. The molecule has 184 valence electrons. The highest BCUT2D eigenvalue weighted by Gasteiger charge is 2.75. The highest BCUT2D eigenvalue weighted by Crippen LogP contribution is 2.70. The second-order valence-electron chi connectivity index (χ2n) is 12.8. The molecule has 1 aromatic rings. The third kappa shape index (κ3) is 2.81. The molecule has 3 unspecified atom stereocenters. The van der Waals surface area contributed by atoms with Crippen molar-refractivity contribution in [2.75, 3.05) is 0 Å². The number of rotatable bonds is 3. The summed E-state index contributed by atoms with van der Waals surface area (Å²) in [6.45, 7) is 8.29. The van der Waals surface area contributed by atoms with E-state index in [0.717, 1.165) is 44.9 Å². The first-order chi connectivity index (χ1) is 15.2. The van der Waals surface area contributed by atoms with E-state index in [0.29, 0.717) is 12.8 Å². The molecular formula is C25H42N6O2. The maximum atomic E-state index is 13.6. The van der Waals surface area contributed by atoms with Crippen LogP contribution in [0.25, 0.3) is 0 Å². The molecule has 4 saturated carbocycles. The average Bonchev–Trinajstić information content (AvgIpc) is 3.39. The van der Waals surface area contributed by atoms with Gasteiger partial charge < -0.3 is 22.3 Å². The molecule has 8 nitrogen and oxygen atoms in total. The number of hydrogen-bond acceptors (Lipinski definition) is 7. The van der Waals surface area contributed by atoms with E-state index in [4.69, 9.17) is 17.2 Å². The second kappa shape index (κ2) is 6.86. The lowest BCUT2D eigenvalue weighted by Gasteiger charge is -2.73. The van der Waals surface area contributed by atoms with Crippen LogP contribution in [0.3, 0.4) is 0 Å². The Bertz CT molecular complexity index is 951. The molecule has 4 fully saturated rings. The van der Waals surface area contributed by atoms with Crippen LogP contribution in [-0.4, -0.2) is 48.1 Å². The van der Waals surface area contributed by atoms with Crippen molar-refractivity contribution in [3.8, 4) is 0 Å². The summed E-state index contributed by atoms with van der Waals surface area (Å²) in [4.78, 5) is 15.2. The number of aliphatic hydroxyl groups is 1. The molecule has 0 radical (unpaired) electrons. The van der Waals surface area contributed by atoms with Gasteiger partial charge in [0.1, 0.15) is 6.04 Å². The first-order valence-electron chi connectivity index (χ1n) is 12.7. The quantitative estimate of drug-likeness (QED) is 0.542. The zero-order valence-corrected chi connectivity index (χ0v) is 20.7. The lowest BCUT2D eigenvalue weighted by molar-refractivity contribution is -0.181. The zero-order valence-electron chi connectivity index (χ0n) is 20.7. The Balaban J connectivity index is 1.49. The van der Waals surface area contributed by atoms with Crippen LogP contribution < -0.4 is 17.2 Å². The molecule has 0 aliphatic heterocycles. The summed E-state index contributed by atoms with van der Waals surface area (Å²) in [7, 11) is 0. The smallest absolute Gasteiger partial charge is 0.162 e. The lowest BCUT2D eigenvalue weighted by Crippen LogP contribution is -2.87. The zero-order chi connectivity index (χ0) is 24.1. The number of fused-ring (bicyclic) bond motifs is 5. The average molecular weight is 459 g/mol. The van der Waals surface area contributed by atoms with Gasteiger partial charge in [-0.25, -0.2) is 0 Å². The Hall–Kier alpha value is -1.35. The van der Waals surface area contributed by atoms with E-state index in [1.807, 2.05) is 13.8 Å². The van der Waals surface area contributed by atoms with Crippen molar-refractivity contribution in [3.63, 3.8) is 0 Å². The number of nitrogens with zero attached hydrogens (tertiary/aromatic N) is 3. The summed E-state index contributed by atoms with van der Waals surface area (Å²) in [5, 5.41) is 19.3. The Morgan fingerprint density at radius 2 is 1.67 bits per heavy atom. The van der Waals surface area contributed by atoms with Crippen LogP contribution in [-0.2, 0) is 4.79 Å². The van der Waals surface area contributed by atoms with Gasteiger partial charge in [0, 0.05) is 27.9 Å². The number of nitrogens with two attached hydrogens (primary N) is 3. The van der Waals surface area contributed by atoms with Gasteiger partial charge in [-0.3, -0.25) is 4.79 Å². The van der Waals surface area contributed by atoms with E-state index in [1.165, 1.54) is 4.80 Å². The largest absolute Gasteiger partial charge is 0.390 e. The minimum absolute atomic E-state index is 0.0714. The normalized spacial score (nSPS) is 52.5. The number of aromatic nitrogens is 3. The van der Waals surface area contributed by atoms with E-state index < -0.39 is 22.2 Å². The van der Waals surface area contributed by atoms with Gasteiger partial charge in [0.25, 0.3) is 0 Å². The van der Waals surface area contributed by atoms with Crippen molar-refractivity contribution >= 4 is 5.78 Å². The second-order valence-corrected chi connectivity index (χ2v) is 12.8. The number of carbonyl (C=O) groups excluding carboxylic acids is 1. The molecule has 1 aromatic heterocycles. The summed E-state index contributed by atoms with van der Waals surface area (Å²) < 4.78 is 0. The third-order valence-corrected chi connectivity index (χ3v) is 11.3. The van der Waals surface area contributed by atoms with E-state index in [2.05, 4.69) is 24.0 Å². The fourth-order valence-electron chi connectivity index (χ4n) is 9.12. The summed E-state index contributed by atoms with van der Waals surface area (Å²) in [5.74, 6) is 0.297. The highest BCUT2D eigenvalue weighted by atomic mass is 16.3. The van der Waals surface area contributed by atoms with Crippen LogP contribution in [0.4, 0.5) is 0 Å². The lowest BCUT2D eigenvalue weighted by atomic mass is 9.36.